The molecule has 2 aromatic rings. The summed E-state index contributed by atoms with van der Waals surface area (Å²) in [4.78, 5) is 0. The van der Waals surface area contributed by atoms with Gasteiger partial charge in [-0.25, -0.2) is 8.78 Å². The standard InChI is InChI=1S/C18H21F2N/c1-11-8-12(2)10-15(9-11)13(3)21-14(4)18-16(19)6-5-7-17(18)20/h5-10,13-14,21H,1-4H3. The van der Waals surface area contributed by atoms with Gasteiger partial charge in [-0.2, -0.15) is 0 Å². The van der Waals surface area contributed by atoms with E-state index in [1.807, 2.05) is 20.8 Å². The van der Waals surface area contributed by atoms with Crippen molar-refractivity contribution in [3.8, 4) is 0 Å². The molecule has 0 aromatic heterocycles. The summed E-state index contributed by atoms with van der Waals surface area (Å²) in [6, 6.07) is 9.87. The normalized spacial score (nSPS) is 14.0. The van der Waals surface area contributed by atoms with E-state index in [4.69, 9.17) is 0 Å². The third kappa shape index (κ3) is 3.67. The minimum Gasteiger partial charge on any atom is -0.303 e. The quantitative estimate of drug-likeness (QED) is 0.835. The first-order valence-electron chi connectivity index (χ1n) is 7.16. The van der Waals surface area contributed by atoms with E-state index in [2.05, 4.69) is 23.5 Å². The highest BCUT2D eigenvalue weighted by Gasteiger charge is 2.18. The smallest absolute Gasteiger partial charge is 0.130 e. The maximum absolute atomic E-state index is 13.8. The van der Waals surface area contributed by atoms with Crippen molar-refractivity contribution in [2.24, 2.45) is 0 Å². The second-order valence-corrected chi connectivity index (χ2v) is 5.67. The topological polar surface area (TPSA) is 12.0 Å². The maximum atomic E-state index is 13.8. The van der Waals surface area contributed by atoms with Crippen LogP contribution in [0.1, 0.15) is 48.2 Å². The molecule has 0 heterocycles. The van der Waals surface area contributed by atoms with Gasteiger partial charge in [0.2, 0.25) is 0 Å². The van der Waals surface area contributed by atoms with Crippen LogP contribution >= 0.6 is 0 Å². The Labute approximate surface area is 125 Å². The van der Waals surface area contributed by atoms with Crippen molar-refractivity contribution < 1.29 is 8.78 Å². The van der Waals surface area contributed by atoms with Crippen LogP contribution in [0.2, 0.25) is 0 Å². The van der Waals surface area contributed by atoms with Gasteiger partial charge < -0.3 is 5.32 Å². The molecule has 0 bridgehead atoms. The minimum absolute atomic E-state index is 0.0117. The molecule has 1 N–H and O–H groups in total. The van der Waals surface area contributed by atoms with Crippen LogP contribution in [0.25, 0.3) is 0 Å². The molecule has 3 heteroatoms. The van der Waals surface area contributed by atoms with Crippen LogP contribution in [0.4, 0.5) is 8.78 Å². The largest absolute Gasteiger partial charge is 0.303 e. The molecule has 0 saturated heterocycles. The van der Waals surface area contributed by atoms with E-state index >= 15 is 0 Å². The Kier molecular flexibility index (Phi) is 4.73. The van der Waals surface area contributed by atoms with Crippen molar-refractivity contribution in [2.75, 3.05) is 0 Å². The molecule has 0 fully saturated rings. The number of halogens is 2. The summed E-state index contributed by atoms with van der Waals surface area (Å²) in [5.41, 5.74) is 3.58. The van der Waals surface area contributed by atoms with Gasteiger partial charge in [-0.15, -0.1) is 0 Å². The molecule has 0 radical (unpaired) electrons. The predicted molar refractivity (Wildman–Crippen MR) is 82.2 cm³/mol. The number of hydrogen-bond acceptors (Lipinski definition) is 1. The summed E-state index contributed by atoms with van der Waals surface area (Å²) in [6.07, 6.45) is 0. The molecule has 2 aromatic carbocycles. The minimum atomic E-state index is -0.511. The van der Waals surface area contributed by atoms with Crippen LogP contribution in [0.15, 0.2) is 36.4 Å². The highest BCUT2D eigenvalue weighted by atomic mass is 19.1. The van der Waals surface area contributed by atoms with Crippen molar-refractivity contribution in [3.05, 3.63) is 70.3 Å². The molecule has 1 nitrogen and oxygen atoms in total. The lowest BCUT2D eigenvalue weighted by Crippen LogP contribution is -2.24. The molecule has 0 amide bonds. The van der Waals surface area contributed by atoms with E-state index in [-0.39, 0.29) is 11.6 Å². The van der Waals surface area contributed by atoms with Crippen molar-refractivity contribution in [2.45, 2.75) is 39.8 Å². The lowest BCUT2D eigenvalue weighted by atomic mass is 10.00. The van der Waals surface area contributed by atoms with Gasteiger partial charge in [-0.1, -0.05) is 35.4 Å². The predicted octanol–water partition coefficient (Wildman–Crippen LogP) is 4.99. The van der Waals surface area contributed by atoms with E-state index in [0.717, 1.165) is 5.56 Å². The Morgan fingerprint density at radius 1 is 0.857 bits per heavy atom. The van der Waals surface area contributed by atoms with Crippen molar-refractivity contribution >= 4 is 0 Å². The Bertz CT molecular complexity index is 597. The molecule has 2 rings (SSSR count). The van der Waals surface area contributed by atoms with E-state index < -0.39 is 17.7 Å². The average molecular weight is 289 g/mol. The zero-order valence-electron chi connectivity index (χ0n) is 12.9. The number of benzene rings is 2. The zero-order valence-corrected chi connectivity index (χ0v) is 12.9. The van der Waals surface area contributed by atoms with Crippen LogP contribution in [0.5, 0.6) is 0 Å². The first-order chi connectivity index (χ1) is 9.88. The van der Waals surface area contributed by atoms with Gasteiger partial charge in [0, 0.05) is 17.6 Å². The second kappa shape index (κ2) is 6.35. The van der Waals surface area contributed by atoms with Gasteiger partial charge in [0.05, 0.1) is 0 Å². The molecule has 112 valence electrons. The van der Waals surface area contributed by atoms with E-state index in [0.29, 0.717) is 0 Å². The summed E-state index contributed by atoms with van der Waals surface area (Å²) in [7, 11) is 0. The highest BCUT2D eigenvalue weighted by molar-refractivity contribution is 5.31. The van der Waals surface area contributed by atoms with E-state index in [1.165, 1.54) is 29.3 Å². The lowest BCUT2D eigenvalue weighted by molar-refractivity contribution is 0.449. The first kappa shape index (κ1) is 15.6. The Morgan fingerprint density at radius 3 is 1.90 bits per heavy atom. The van der Waals surface area contributed by atoms with Crippen molar-refractivity contribution in [1.82, 2.24) is 5.32 Å². The number of rotatable bonds is 4. The van der Waals surface area contributed by atoms with Gasteiger partial charge in [0.1, 0.15) is 11.6 Å². The van der Waals surface area contributed by atoms with Crippen molar-refractivity contribution in [3.63, 3.8) is 0 Å². The molecule has 21 heavy (non-hydrogen) atoms. The Hall–Kier alpha value is -1.74. The van der Waals surface area contributed by atoms with Gasteiger partial charge in [0.25, 0.3) is 0 Å². The molecular formula is C18H21F2N. The summed E-state index contributed by atoms with van der Waals surface area (Å²) in [5, 5.41) is 3.27. The number of nitrogens with one attached hydrogen (secondary N) is 1. The SMILES string of the molecule is Cc1cc(C)cc(C(C)NC(C)c2c(F)cccc2F)c1. The van der Waals surface area contributed by atoms with Gasteiger partial charge in [-0.05, 0) is 45.4 Å². The Morgan fingerprint density at radius 2 is 1.38 bits per heavy atom. The fraction of sp³-hybridized carbons (Fsp3) is 0.333. The molecule has 0 aliphatic rings. The summed E-state index contributed by atoms with van der Waals surface area (Å²) < 4.78 is 27.6. The molecule has 0 saturated carbocycles. The first-order valence-corrected chi connectivity index (χ1v) is 7.16. The zero-order chi connectivity index (χ0) is 15.6. The van der Waals surface area contributed by atoms with Gasteiger partial charge in [0.15, 0.2) is 0 Å². The maximum Gasteiger partial charge on any atom is 0.130 e. The van der Waals surface area contributed by atoms with Crippen molar-refractivity contribution in [1.29, 1.82) is 0 Å². The van der Waals surface area contributed by atoms with Gasteiger partial charge in [-0.3, -0.25) is 0 Å². The lowest BCUT2D eigenvalue weighted by Gasteiger charge is -2.22. The molecule has 0 aliphatic heterocycles. The number of aryl methyl sites for hydroxylation is 2. The van der Waals surface area contributed by atoms with Crippen LogP contribution in [0, 0.1) is 25.5 Å². The summed E-state index contributed by atoms with van der Waals surface area (Å²) >= 11 is 0. The average Bonchev–Trinajstić information content (AvgIpc) is 2.37. The Balaban J connectivity index is 2.20. The summed E-state index contributed by atoms with van der Waals surface area (Å²) in [5.74, 6) is -1.02. The van der Waals surface area contributed by atoms with Crippen LogP contribution in [0.3, 0.4) is 0 Å². The third-order valence-corrected chi connectivity index (χ3v) is 3.68. The molecular weight excluding hydrogens is 268 g/mol. The summed E-state index contributed by atoms with van der Waals surface area (Å²) in [6.45, 7) is 7.87. The fourth-order valence-corrected chi connectivity index (χ4v) is 2.74. The van der Waals surface area contributed by atoms with Crippen LogP contribution < -0.4 is 5.32 Å². The van der Waals surface area contributed by atoms with E-state index in [9.17, 15) is 8.78 Å². The number of hydrogen-bond donors (Lipinski definition) is 1. The molecule has 0 aliphatic carbocycles. The van der Waals surface area contributed by atoms with Crippen LogP contribution in [-0.2, 0) is 0 Å². The second-order valence-electron chi connectivity index (χ2n) is 5.67. The van der Waals surface area contributed by atoms with E-state index in [1.54, 1.807) is 6.92 Å². The molecule has 2 atom stereocenters. The monoisotopic (exact) mass is 289 g/mol. The van der Waals surface area contributed by atoms with Crippen LogP contribution in [-0.4, -0.2) is 0 Å². The molecule has 2 unspecified atom stereocenters. The third-order valence-electron chi connectivity index (χ3n) is 3.68. The fourth-order valence-electron chi connectivity index (χ4n) is 2.74. The molecule has 0 spiro atoms. The highest BCUT2D eigenvalue weighted by Crippen LogP contribution is 2.24. The van der Waals surface area contributed by atoms with Gasteiger partial charge >= 0.3 is 0 Å².